The first-order chi connectivity index (χ1) is 13.6. The minimum Gasteiger partial charge on any atom is -0.443 e. The third-order valence-corrected chi connectivity index (χ3v) is 4.89. The molecule has 0 spiro atoms. The highest BCUT2D eigenvalue weighted by Crippen LogP contribution is 2.32. The molecule has 144 valence electrons. The maximum absolute atomic E-state index is 13.4. The minimum absolute atomic E-state index is 0.165. The van der Waals surface area contributed by atoms with Gasteiger partial charge in [-0.3, -0.25) is 9.78 Å². The topological polar surface area (TPSA) is 72.1 Å². The number of piperidine rings is 1. The normalized spacial score (nSPS) is 16.9. The Morgan fingerprint density at radius 1 is 1.21 bits per heavy atom. The highest BCUT2D eigenvalue weighted by molar-refractivity contribution is 5.92. The van der Waals surface area contributed by atoms with E-state index in [9.17, 15) is 9.18 Å². The van der Waals surface area contributed by atoms with Crippen LogP contribution in [0.4, 0.5) is 4.39 Å². The van der Waals surface area contributed by atoms with Crippen molar-refractivity contribution in [1.82, 2.24) is 19.9 Å². The van der Waals surface area contributed by atoms with E-state index in [-0.39, 0.29) is 17.8 Å². The number of benzene rings is 1. The molecule has 3 heterocycles. The Kier molecular flexibility index (Phi) is 5.14. The van der Waals surface area contributed by atoms with Crippen LogP contribution in [0.2, 0.25) is 0 Å². The zero-order valence-electron chi connectivity index (χ0n) is 15.6. The third kappa shape index (κ3) is 3.93. The minimum atomic E-state index is -0.277. The Morgan fingerprint density at radius 3 is 2.89 bits per heavy atom. The summed E-state index contributed by atoms with van der Waals surface area (Å²) < 4.78 is 19.3. The lowest BCUT2D eigenvalue weighted by Gasteiger charge is -2.33. The predicted molar refractivity (Wildman–Crippen MR) is 100 cm³/mol. The van der Waals surface area contributed by atoms with E-state index < -0.39 is 0 Å². The summed E-state index contributed by atoms with van der Waals surface area (Å²) in [6.07, 6.45) is 7.92. The van der Waals surface area contributed by atoms with Gasteiger partial charge in [0, 0.05) is 19.2 Å². The molecule has 28 heavy (non-hydrogen) atoms. The quantitative estimate of drug-likeness (QED) is 0.687. The van der Waals surface area contributed by atoms with Crippen molar-refractivity contribution < 1.29 is 13.6 Å². The molecule has 3 aromatic rings. The SMILES string of the molecule is Cc1cnc(C(=O)N2CCCCC2c2ncc(Cc3cccc(F)c3)o2)cn1. The zero-order valence-corrected chi connectivity index (χ0v) is 15.6. The van der Waals surface area contributed by atoms with Crippen LogP contribution in [0.25, 0.3) is 0 Å². The van der Waals surface area contributed by atoms with Crippen molar-refractivity contribution in [2.24, 2.45) is 0 Å². The fraction of sp³-hybridized carbons (Fsp3) is 0.333. The molecule has 0 radical (unpaired) electrons. The Labute approximate surface area is 162 Å². The number of carbonyl (C=O) groups is 1. The number of carbonyl (C=O) groups excluding carboxylic acids is 1. The Balaban J connectivity index is 1.54. The molecular weight excluding hydrogens is 359 g/mol. The number of halogens is 1. The highest BCUT2D eigenvalue weighted by Gasteiger charge is 2.32. The number of aryl methyl sites for hydroxylation is 1. The summed E-state index contributed by atoms with van der Waals surface area (Å²) in [5.74, 6) is 0.718. The van der Waals surface area contributed by atoms with Gasteiger partial charge in [-0.15, -0.1) is 0 Å². The molecule has 0 saturated carbocycles. The second kappa shape index (κ2) is 7.88. The van der Waals surface area contributed by atoms with E-state index in [0.717, 1.165) is 30.5 Å². The average molecular weight is 380 g/mol. The van der Waals surface area contributed by atoms with Crippen LogP contribution in [0.3, 0.4) is 0 Å². The van der Waals surface area contributed by atoms with Crippen molar-refractivity contribution in [3.63, 3.8) is 0 Å². The van der Waals surface area contributed by atoms with Gasteiger partial charge in [-0.1, -0.05) is 12.1 Å². The van der Waals surface area contributed by atoms with Gasteiger partial charge in [-0.2, -0.15) is 0 Å². The van der Waals surface area contributed by atoms with Gasteiger partial charge in [-0.05, 0) is 43.9 Å². The van der Waals surface area contributed by atoms with Gasteiger partial charge < -0.3 is 9.32 Å². The second-order valence-electron chi connectivity index (χ2n) is 7.02. The number of hydrogen-bond acceptors (Lipinski definition) is 5. The van der Waals surface area contributed by atoms with Crippen LogP contribution in [0.15, 0.2) is 47.3 Å². The van der Waals surface area contributed by atoms with E-state index >= 15 is 0 Å². The summed E-state index contributed by atoms with van der Waals surface area (Å²) in [7, 11) is 0. The molecule has 0 aliphatic carbocycles. The van der Waals surface area contributed by atoms with E-state index in [1.807, 2.05) is 13.0 Å². The maximum Gasteiger partial charge on any atom is 0.274 e. The molecule has 7 heteroatoms. The summed E-state index contributed by atoms with van der Waals surface area (Å²) >= 11 is 0. The fourth-order valence-electron chi connectivity index (χ4n) is 3.49. The van der Waals surface area contributed by atoms with Crippen molar-refractivity contribution in [2.45, 2.75) is 38.6 Å². The van der Waals surface area contributed by atoms with E-state index in [1.54, 1.807) is 23.4 Å². The maximum atomic E-state index is 13.4. The van der Waals surface area contributed by atoms with Gasteiger partial charge in [0.1, 0.15) is 23.3 Å². The van der Waals surface area contributed by atoms with Crippen molar-refractivity contribution in [3.8, 4) is 0 Å². The number of oxazole rings is 1. The molecule has 0 bridgehead atoms. The van der Waals surface area contributed by atoms with Crippen LogP contribution >= 0.6 is 0 Å². The van der Waals surface area contributed by atoms with Crippen LogP contribution in [-0.4, -0.2) is 32.3 Å². The Hall–Kier alpha value is -3.09. The summed E-state index contributed by atoms with van der Waals surface area (Å²) in [6.45, 7) is 2.46. The lowest BCUT2D eigenvalue weighted by Crippen LogP contribution is -2.39. The van der Waals surface area contributed by atoms with Crippen molar-refractivity contribution in [1.29, 1.82) is 0 Å². The predicted octanol–water partition coefficient (Wildman–Crippen LogP) is 3.87. The number of nitrogens with zero attached hydrogens (tertiary/aromatic N) is 4. The fourth-order valence-corrected chi connectivity index (χ4v) is 3.49. The molecule has 1 unspecified atom stereocenters. The molecule has 1 atom stereocenters. The van der Waals surface area contributed by atoms with E-state index in [1.165, 1.54) is 18.3 Å². The smallest absolute Gasteiger partial charge is 0.274 e. The molecule has 1 amide bonds. The standard InChI is InChI=1S/C21H21FN4O2/c1-14-11-24-18(13-23-14)21(27)26-8-3-2-7-19(26)20-25-12-17(28-20)10-15-5-4-6-16(22)9-15/h4-6,9,11-13,19H,2-3,7-8,10H2,1H3. The van der Waals surface area contributed by atoms with Gasteiger partial charge >= 0.3 is 0 Å². The molecule has 1 fully saturated rings. The summed E-state index contributed by atoms with van der Waals surface area (Å²) in [4.78, 5) is 27.5. The molecule has 4 rings (SSSR count). The summed E-state index contributed by atoms with van der Waals surface area (Å²) in [5, 5.41) is 0. The number of likely N-dealkylation sites (tertiary alicyclic amines) is 1. The van der Waals surface area contributed by atoms with Gasteiger partial charge in [0.05, 0.1) is 18.1 Å². The van der Waals surface area contributed by atoms with Crippen LogP contribution in [0.1, 0.15) is 58.7 Å². The third-order valence-electron chi connectivity index (χ3n) is 4.89. The number of amides is 1. The van der Waals surface area contributed by atoms with Crippen molar-refractivity contribution >= 4 is 5.91 Å². The lowest BCUT2D eigenvalue weighted by atomic mass is 10.0. The summed E-state index contributed by atoms with van der Waals surface area (Å²) in [5.41, 5.74) is 1.90. The van der Waals surface area contributed by atoms with Crippen LogP contribution in [0, 0.1) is 12.7 Å². The van der Waals surface area contributed by atoms with Crippen LogP contribution < -0.4 is 0 Å². The van der Waals surface area contributed by atoms with Crippen molar-refractivity contribution in [2.75, 3.05) is 6.54 Å². The molecule has 1 aliphatic heterocycles. The van der Waals surface area contributed by atoms with Gasteiger partial charge in [0.2, 0.25) is 5.89 Å². The van der Waals surface area contributed by atoms with Crippen LogP contribution in [-0.2, 0) is 6.42 Å². The molecule has 2 aromatic heterocycles. The van der Waals surface area contributed by atoms with Gasteiger partial charge in [0.25, 0.3) is 5.91 Å². The zero-order chi connectivity index (χ0) is 19.5. The van der Waals surface area contributed by atoms with Gasteiger partial charge in [-0.25, -0.2) is 14.4 Å². The van der Waals surface area contributed by atoms with Gasteiger partial charge in [0.15, 0.2) is 0 Å². The molecule has 0 N–H and O–H groups in total. The molecule has 1 saturated heterocycles. The first-order valence-corrected chi connectivity index (χ1v) is 9.39. The number of aromatic nitrogens is 3. The summed E-state index contributed by atoms with van der Waals surface area (Å²) in [6, 6.07) is 6.18. The van der Waals surface area contributed by atoms with E-state index in [2.05, 4.69) is 15.0 Å². The lowest BCUT2D eigenvalue weighted by molar-refractivity contribution is 0.0563. The first kappa shape index (κ1) is 18.3. The largest absolute Gasteiger partial charge is 0.443 e. The average Bonchev–Trinajstić information content (AvgIpc) is 3.16. The Bertz CT molecular complexity index is 971. The second-order valence-corrected chi connectivity index (χ2v) is 7.02. The molecular formula is C21H21FN4O2. The first-order valence-electron chi connectivity index (χ1n) is 9.39. The molecule has 1 aromatic carbocycles. The van der Waals surface area contributed by atoms with Crippen molar-refractivity contribution in [3.05, 3.63) is 77.3 Å². The Morgan fingerprint density at radius 2 is 2.11 bits per heavy atom. The molecule has 1 aliphatic rings. The highest BCUT2D eigenvalue weighted by atomic mass is 19.1. The van der Waals surface area contributed by atoms with E-state index in [0.29, 0.717) is 30.3 Å². The van der Waals surface area contributed by atoms with Crippen LogP contribution in [0.5, 0.6) is 0 Å². The molecule has 6 nitrogen and oxygen atoms in total. The number of rotatable bonds is 4. The monoisotopic (exact) mass is 380 g/mol. The van der Waals surface area contributed by atoms with E-state index in [4.69, 9.17) is 4.42 Å². The number of hydrogen-bond donors (Lipinski definition) is 0.